The molecule has 23 heavy (non-hydrogen) atoms. The number of carbonyl (C=O) groups excluding carboxylic acids is 2. The number of benzene rings is 1. The molecule has 1 aliphatic heterocycles. The molecule has 3 rings (SSSR count). The highest BCUT2D eigenvalue weighted by molar-refractivity contribution is 7.10. The van der Waals surface area contributed by atoms with E-state index >= 15 is 0 Å². The van der Waals surface area contributed by atoms with E-state index in [2.05, 4.69) is 16.8 Å². The first-order valence-corrected chi connectivity index (χ1v) is 8.66. The van der Waals surface area contributed by atoms with Crippen molar-refractivity contribution in [2.45, 2.75) is 32.4 Å². The van der Waals surface area contributed by atoms with Gasteiger partial charge in [-0.05, 0) is 29.0 Å². The van der Waals surface area contributed by atoms with Crippen molar-refractivity contribution in [2.24, 2.45) is 0 Å². The molecule has 0 fully saturated rings. The summed E-state index contributed by atoms with van der Waals surface area (Å²) in [5.41, 5.74) is 2.22. The third kappa shape index (κ3) is 3.79. The monoisotopic (exact) mass is 328 g/mol. The van der Waals surface area contributed by atoms with Gasteiger partial charge in [0.25, 0.3) is 0 Å². The summed E-state index contributed by atoms with van der Waals surface area (Å²) < 4.78 is 0. The second-order valence-electron chi connectivity index (χ2n) is 5.80. The van der Waals surface area contributed by atoms with Gasteiger partial charge in [0.05, 0.1) is 12.5 Å². The molecule has 1 aromatic carbocycles. The molecular formula is C18H20N2O2S. The SMILES string of the molecule is CC(=O)NC(CC(=O)N1CCc2sccc2C1)c1ccccc1. The van der Waals surface area contributed by atoms with Crippen molar-refractivity contribution in [1.29, 1.82) is 0 Å². The molecule has 1 aliphatic rings. The average Bonchev–Trinajstić information content (AvgIpc) is 3.02. The summed E-state index contributed by atoms with van der Waals surface area (Å²) in [6.07, 6.45) is 1.22. The topological polar surface area (TPSA) is 49.4 Å². The zero-order chi connectivity index (χ0) is 16.2. The fourth-order valence-corrected chi connectivity index (χ4v) is 3.84. The molecule has 0 aliphatic carbocycles. The smallest absolute Gasteiger partial charge is 0.225 e. The molecule has 120 valence electrons. The van der Waals surface area contributed by atoms with Crippen LogP contribution in [0.3, 0.4) is 0 Å². The minimum absolute atomic E-state index is 0.0875. The highest BCUT2D eigenvalue weighted by Gasteiger charge is 2.24. The second-order valence-corrected chi connectivity index (χ2v) is 6.80. The molecule has 2 amide bonds. The summed E-state index contributed by atoms with van der Waals surface area (Å²) in [5, 5.41) is 4.98. The number of nitrogens with one attached hydrogen (secondary N) is 1. The number of amides is 2. The molecule has 5 heteroatoms. The zero-order valence-electron chi connectivity index (χ0n) is 13.1. The van der Waals surface area contributed by atoms with Crippen LogP contribution in [0.1, 0.15) is 35.4 Å². The number of thiophene rings is 1. The van der Waals surface area contributed by atoms with Crippen LogP contribution in [-0.2, 0) is 22.6 Å². The molecule has 1 atom stereocenters. The quantitative estimate of drug-likeness (QED) is 0.938. The summed E-state index contributed by atoms with van der Waals surface area (Å²) in [6, 6.07) is 11.5. The summed E-state index contributed by atoms with van der Waals surface area (Å²) >= 11 is 1.76. The normalized spacial score (nSPS) is 14.9. The van der Waals surface area contributed by atoms with Crippen LogP contribution >= 0.6 is 11.3 Å². The molecule has 0 saturated heterocycles. The van der Waals surface area contributed by atoms with Gasteiger partial charge in [0.1, 0.15) is 0 Å². The van der Waals surface area contributed by atoms with Crippen LogP contribution in [0.15, 0.2) is 41.8 Å². The highest BCUT2D eigenvalue weighted by atomic mass is 32.1. The van der Waals surface area contributed by atoms with Gasteiger partial charge in [0.2, 0.25) is 11.8 Å². The van der Waals surface area contributed by atoms with E-state index in [1.165, 1.54) is 17.4 Å². The van der Waals surface area contributed by atoms with E-state index in [0.717, 1.165) is 18.5 Å². The van der Waals surface area contributed by atoms with Crippen LogP contribution in [0.5, 0.6) is 0 Å². The molecule has 0 spiro atoms. The summed E-state index contributed by atoms with van der Waals surface area (Å²) in [6.45, 7) is 2.92. The van der Waals surface area contributed by atoms with Crippen molar-refractivity contribution in [3.8, 4) is 0 Å². The number of hydrogen-bond donors (Lipinski definition) is 1. The first kappa shape index (κ1) is 15.7. The Morgan fingerprint density at radius 3 is 2.78 bits per heavy atom. The Kier molecular flexibility index (Phi) is 4.76. The van der Waals surface area contributed by atoms with Gasteiger partial charge in [0, 0.05) is 24.9 Å². The molecule has 4 nitrogen and oxygen atoms in total. The van der Waals surface area contributed by atoms with E-state index in [1.807, 2.05) is 35.2 Å². The van der Waals surface area contributed by atoms with Crippen LogP contribution in [-0.4, -0.2) is 23.3 Å². The van der Waals surface area contributed by atoms with Crippen molar-refractivity contribution < 1.29 is 9.59 Å². The fraction of sp³-hybridized carbons (Fsp3) is 0.333. The number of hydrogen-bond acceptors (Lipinski definition) is 3. The molecule has 0 bridgehead atoms. The fourth-order valence-electron chi connectivity index (χ4n) is 2.95. The molecule has 1 unspecified atom stereocenters. The lowest BCUT2D eigenvalue weighted by Crippen LogP contribution is -2.38. The first-order valence-electron chi connectivity index (χ1n) is 7.78. The highest BCUT2D eigenvalue weighted by Crippen LogP contribution is 2.26. The standard InChI is InChI=1S/C18H20N2O2S/c1-13(21)19-16(14-5-3-2-4-6-14)11-18(22)20-9-7-17-15(12-20)8-10-23-17/h2-6,8,10,16H,7,9,11-12H2,1H3,(H,19,21). The van der Waals surface area contributed by atoms with Gasteiger partial charge >= 0.3 is 0 Å². The van der Waals surface area contributed by atoms with Crippen molar-refractivity contribution in [2.75, 3.05) is 6.54 Å². The molecule has 2 aromatic rings. The van der Waals surface area contributed by atoms with E-state index in [-0.39, 0.29) is 17.9 Å². The van der Waals surface area contributed by atoms with Crippen molar-refractivity contribution in [1.82, 2.24) is 10.2 Å². The molecular weight excluding hydrogens is 308 g/mol. The second kappa shape index (κ2) is 6.96. The van der Waals surface area contributed by atoms with Crippen molar-refractivity contribution in [3.05, 3.63) is 57.8 Å². The van der Waals surface area contributed by atoms with Crippen molar-refractivity contribution >= 4 is 23.2 Å². The van der Waals surface area contributed by atoms with Gasteiger partial charge in [-0.15, -0.1) is 11.3 Å². The van der Waals surface area contributed by atoms with Gasteiger partial charge in [0.15, 0.2) is 0 Å². The van der Waals surface area contributed by atoms with E-state index in [1.54, 1.807) is 11.3 Å². The van der Waals surface area contributed by atoms with Crippen molar-refractivity contribution in [3.63, 3.8) is 0 Å². The number of nitrogens with zero attached hydrogens (tertiary/aromatic N) is 1. The molecule has 0 radical (unpaired) electrons. The third-order valence-corrected chi connectivity index (χ3v) is 5.14. The van der Waals surface area contributed by atoms with Gasteiger partial charge in [-0.3, -0.25) is 9.59 Å². The lowest BCUT2D eigenvalue weighted by atomic mass is 10.0. The summed E-state index contributed by atoms with van der Waals surface area (Å²) in [5.74, 6) is -0.0325. The van der Waals surface area contributed by atoms with Gasteiger partial charge in [-0.1, -0.05) is 30.3 Å². The Morgan fingerprint density at radius 2 is 2.04 bits per heavy atom. The van der Waals surface area contributed by atoms with Crippen LogP contribution < -0.4 is 5.32 Å². The maximum absolute atomic E-state index is 12.7. The Bertz CT molecular complexity index is 696. The largest absolute Gasteiger partial charge is 0.349 e. The van der Waals surface area contributed by atoms with Gasteiger partial charge in [-0.2, -0.15) is 0 Å². The third-order valence-electron chi connectivity index (χ3n) is 4.12. The molecule has 0 saturated carbocycles. The van der Waals surface area contributed by atoms with E-state index < -0.39 is 0 Å². The number of carbonyl (C=O) groups is 2. The number of rotatable bonds is 4. The summed E-state index contributed by atoms with van der Waals surface area (Å²) in [7, 11) is 0. The Labute approximate surface area is 140 Å². The number of fused-ring (bicyclic) bond motifs is 1. The minimum atomic E-state index is -0.273. The average molecular weight is 328 g/mol. The van der Waals surface area contributed by atoms with Crippen LogP contribution in [0.2, 0.25) is 0 Å². The molecule has 1 aromatic heterocycles. The van der Waals surface area contributed by atoms with Crippen LogP contribution in [0, 0.1) is 0 Å². The predicted octanol–water partition coefficient (Wildman–Crippen LogP) is 2.90. The minimum Gasteiger partial charge on any atom is -0.349 e. The molecule has 2 heterocycles. The maximum Gasteiger partial charge on any atom is 0.225 e. The maximum atomic E-state index is 12.7. The first-order chi connectivity index (χ1) is 11.1. The molecule has 1 N–H and O–H groups in total. The van der Waals surface area contributed by atoms with Gasteiger partial charge in [-0.25, -0.2) is 0 Å². The van der Waals surface area contributed by atoms with E-state index in [0.29, 0.717) is 13.0 Å². The van der Waals surface area contributed by atoms with E-state index in [9.17, 15) is 9.59 Å². The Balaban J connectivity index is 1.70. The van der Waals surface area contributed by atoms with Gasteiger partial charge < -0.3 is 10.2 Å². The van der Waals surface area contributed by atoms with E-state index in [4.69, 9.17) is 0 Å². The Hall–Kier alpha value is -2.14. The lowest BCUT2D eigenvalue weighted by Gasteiger charge is -2.29. The lowest BCUT2D eigenvalue weighted by molar-refractivity contribution is -0.133. The summed E-state index contributed by atoms with van der Waals surface area (Å²) in [4.78, 5) is 27.4. The Morgan fingerprint density at radius 1 is 1.26 bits per heavy atom. The zero-order valence-corrected chi connectivity index (χ0v) is 13.9. The van der Waals surface area contributed by atoms with Crippen LogP contribution in [0.4, 0.5) is 0 Å². The van der Waals surface area contributed by atoms with Crippen LogP contribution in [0.25, 0.3) is 0 Å². The predicted molar refractivity (Wildman–Crippen MR) is 91.1 cm³/mol.